The lowest BCUT2D eigenvalue weighted by atomic mass is 10.2. The van der Waals surface area contributed by atoms with E-state index >= 15 is 0 Å². The van der Waals surface area contributed by atoms with Crippen LogP contribution < -0.4 is 5.32 Å². The van der Waals surface area contributed by atoms with Crippen molar-refractivity contribution in [1.82, 2.24) is 10.2 Å². The number of carbonyl (C=O) groups is 1. The Balaban J connectivity index is 1.84. The van der Waals surface area contributed by atoms with Crippen LogP contribution in [-0.2, 0) is 11.3 Å². The molecular weight excluding hydrogens is 196 g/mol. The molecule has 1 unspecified atom stereocenters. The standard InChI is InChI=1S/C10H14N2OS/c1-12-5-4-9(10(12)13)11-7-8-3-2-6-14-8/h2-3,6,9,11H,4-5,7H2,1H3. The summed E-state index contributed by atoms with van der Waals surface area (Å²) in [5.74, 6) is 0.224. The molecule has 0 radical (unpaired) electrons. The minimum Gasteiger partial charge on any atom is -0.344 e. The fraction of sp³-hybridized carbons (Fsp3) is 0.500. The molecule has 0 spiro atoms. The third-order valence-electron chi connectivity index (χ3n) is 2.53. The van der Waals surface area contributed by atoms with Crippen molar-refractivity contribution in [3.05, 3.63) is 22.4 Å². The van der Waals surface area contributed by atoms with Crippen molar-refractivity contribution >= 4 is 17.2 Å². The van der Waals surface area contributed by atoms with Gasteiger partial charge in [-0.3, -0.25) is 4.79 Å². The summed E-state index contributed by atoms with van der Waals surface area (Å²) in [4.78, 5) is 14.6. The summed E-state index contributed by atoms with van der Waals surface area (Å²) in [7, 11) is 1.86. The Labute approximate surface area is 87.7 Å². The Morgan fingerprint density at radius 3 is 3.14 bits per heavy atom. The van der Waals surface area contributed by atoms with Crippen molar-refractivity contribution in [2.75, 3.05) is 13.6 Å². The minimum absolute atomic E-state index is 0.0297. The van der Waals surface area contributed by atoms with E-state index < -0.39 is 0 Å². The van der Waals surface area contributed by atoms with E-state index in [1.165, 1.54) is 4.88 Å². The second kappa shape index (κ2) is 4.11. The zero-order valence-corrected chi connectivity index (χ0v) is 9.01. The molecule has 1 fully saturated rings. The third kappa shape index (κ3) is 1.96. The van der Waals surface area contributed by atoms with Crippen LogP contribution in [0.25, 0.3) is 0 Å². The first kappa shape index (κ1) is 9.68. The molecule has 1 aromatic heterocycles. The van der Waals surface area contributed by atoms with Gasteiger partial charge in [-0.25, -0.2) is 0 Å². The van der Waals surface area contributed by atoms with E-state index in [4.69, 9.17) is 0 Å². The summed E-state index contributed by atoms with van der Waals surface area (Å²) < 4.78 is 0. The second-order valence-electron chi connectivity index (χ2n) is 3.56. The van der Waals surface area contributed by atoms with Gasteiger partial charge in [-0.2, -0.15) is 0 Å². The highest BCUT2D eigenvalue weighted by Gasteiger charge is 2.28. The number of amides is 1. The van der Waals surface area contributed by atoms with E-state index in [1.807, 2.05) is 13.1 Å². The Morgan fingerprint density at radius 1 is 1.71 bits per heavy atom. The molecule has 0 bridgehead atoms. The maximum atomic E-state index is 11.5. The number of nitrogens with zero attached hydrogens (tertiary/aromatic N) is 1. The van der Waals surface area contributed by atoms with Crippen molar-refractivity contribution in [3.8, 4) is 0 Å². The SMILES string of the molecule is CN1CCC(NCc2cccs2)C1=O. The summed E-state index contributed by atoms with van der Waals surface area (Å²) in [5.41, 5.74) is 0. The molecule has 1 aliphatic heterocycles. The maximum Gasteiger partial charge on any atom is 0.239 e. The van der Waals surface area contributed by atoms with Gasteiger partial charge in [-0.05, 0) is 17.9 Å². The molecule has 1 saturated heterocycles. The fourth-order valence-electron chi connectivity index (χ4n) is 1.65. The summed E-state index contributed by atoms with van der Waals surface area (Å²) in [5, 5.41) is 5.34. The molecule has 1 amide bonds. The van der Waals surface area contributed by atoms with Gasteiger partial charge in [0.25, 0.3) is 0 Å². The lowest BCUT2D eigenvalue weighted by Gasteiger charge is -2.11. The van der Waals surface area contributed by atoms with Crippen molar-refractivity contribution < 1.29 is 4.79 Å². The zero-order chi connectivity index (χ0) is 9.97. The smallest absolute Gasteiger partial charge is 0.239 e. The molecule has 76 valence electrons. The highest BCUT2D eigenvalue weighted by Crippen LogP contribution is 2.12. The van der Waals surface area contributed by atoms with E-state index in [1.54, 1.807) is 16.2 Å². The monoisotopic (exact) mass is 210 g/mol. The van der Waals surface area contributed by atoms with Gasteiger partial charge in [0.2, 0.25) is 5.91 Å². The van der Waals surface area contributed by atoms with Gasteiger partial charge in [-0.15, -0.1) is 11.3 Å². The van der Waals surface area contributed by atoms with Gasteiger partial charge in [0.15, 0.2) is 0 Å². The first-order valence-electron chi connectivity index (χ1n) is 4.78. The highest BCUT2D eigenvalue weighted by molar-refractivity contribution is 7.09. The predicted octanol–water partition coefficient (Wildman–Crippen LogP) is 1.07. The van der Waals surface area contributed by atoms with Gasteiger partial charge >= 0.3 is 0 Å². The lowest BCUT2D eigenvalue weighted by Crippen LogP contribution is -2.36. The van der Waals surface area contributed by atoms with Crippen LogP contribution in [0.15, 0.2) is 17.5 Å². The second-order valence-corrected chi connectivity index (χ2v) is 4.59. The van der Waals surface area contributed by atoms with Crippen LogP contribution >= 0.6 is 11.3 Å². The van der Waals surface area contributed by atoms with E-state index in [0.29, 0.717) is 0 Å². The topological polar surface area (TPSA) is 32.3 Å². The summed E-state index contributed by atoms with van der Waals surface area (Å²) in [6.45, 7) is 1.68. The summed E-state index contributed by atoms with van der Waals surface area (Å²) in [6.07, 6.45) is 0.931. The summed E-state index contributed by atoms with van der Waals surface area (Å²) in [6, 6.07) is 4.15. The van der Waals surface area contributed by atoms with Gasteiger partial charge < -0.3 is 10.2 Å². The number of nitrogens with one attached hydrogen (secondary N) is 1. The molecule has 0 aromatic carbocycles. The molecule has 14 heavy (non-hydrogen) atoms. The van der Waals surface area contributed by atoms with Crippen molar-refractivity contribution in [2.45, 2.75) is 19.0 Å². The zero-order valence-electron chi connectivity index (χ0n) is 8.19. The van der Waals surface area contributed by atoms with E-state index in [9.17, 15) is 4.79 Å². The average molecular weight is 210 g/mol. The van der Waals surface area contributed by atoms with Crippen molar-refractivity contribution in [1.29, 1.82) is 0 Å². The highest BCUT2D eigenvalue weighted by atomic mass is 32.1. The Hall–Kier alpha value is -0.870. The Kier molecular flexibility index (Phi) is 2.84. The number of hydrogen-bond donors (Lipinski definition) is 1. The van der Waals surface area contributed by atoms with Crippen LogP contribution in [0.3, 0.4) is 0 Å². The van der Waals surface area contributed by atoms with E-state index in [-0.39, 0.29) is 11.9 Å². The predicted molar refractivity (Wildman–Crippen MR) is 57.2 cm³/mol. The van der Waals surface area contributed by atoms with E-state index in [2.05, 4.69) is 16.8 Å². The normalized spacial score (nSPS) is 21.9. The minimum atomic E-state index is 0.0297. The van der Waals surface area contributed by atoms with E-state index in [0.717, 1.165) is 19.5 Å². The molecule has 1 atom stereocenters. The van der Waals surface area contributed by atoms with Crippen LogP contribution in [0.1, 0.15) is 11.3 Å². The number of hydrogen-bond acceptors (Lipinski definition) is 3. The maximum absolute atomic E-state index is 11.5. The number of carbonyl (C=O) groups excluding carboxylic acids is 1. The fourth-order valence-corrected chi connectivity index (χ4v) is 2.30. The first-order valence-corrected chi connectivity index (χ1v) is 5.66. The third-order valence-corrected chi connectivity index (χ3v) is 3.41. The number of likely N-dealkylation sites (tertiary alicyclic amines) is 1. The molecule has 1 aliphatic rings. The Bertz CT molecular complexity index is 310. The quantitative estimate of drug-likeness (QED) is 0.809. The summed E-state index contributed by atoms with van der Waals surface area (Å²) >= 11 is 1.72. The lowest BCUT2D eigenvalue weighted by molar-refractivity contribution is -0.128. The molecule has 2 heterocycles. The van der Waals surface area contributed by atoms with Crippen LogP contribution in [0, 0.1) is 0 Å². The van der Waals surface area contributed by atoms with Gasteiger partial charge in [0.05, 0.1) is 6.04 Å². The average Bonchev–Trinajstić information content (AvgIpc) is 2.77. The Morgan fingerprint density at radius 2 is 2.57 bits per heavy atom. The molecule has 0 saturated carbocycles. The molecule has 3 nitrogen and oxygen atoms in total. The molecule has 2 rings (SSSR count). The van der Waals surface area contributed by atoms with Crippen LogP contribution in [-0.4, -0.2) is 30.4 Å². The van der Waals surface area contributed by atoms with Crippen molar-refractivity contribution in [3.63, 3.8) is 0 Å². The molecule has 1 N–H and O–H groups in total. The molecule has 4 heteroatoms. The number of rotatable bonds is 3. The number of likely N-dealkylation sites (N-methyl/N-ethyl adjacent to an activating group) is 1. The van der Waals surface area contributed by atoms with Crippen molar-refractivity contribution in [2.24, 2.45) is 0 Å². The molecular formula is C10H14N2OS. The molecule has 1 aromatic rings. The number of thiophene rings is 1. The van der Waals surface area contributed by atoms with Crippen LogP contribution in [0.5, 0.6) is 0 Å². The van der Waals surface area contributed by atoms with Crippen LogP contribution in [0.2, 0.25) is 0 Å². The van der Waals surface area contributed by atoms with Gasteiger partial charge in [-0.1, -0.05) is 6.07 Å². The first-order chi connectivity index (χ1) is 6.77. The largest absolute Gasteiger partial charge is 0.344 e. The van der Waals surface area contributed by atoms with Crippen LogP contribution in [0.4, 0.5) is 0 Å². The molecule has 0 aliphatic carbocycles. The van der Waals surface area contributed by atoms with Gasteiger partial charge in [0.1, 0.15) is 0 Å². The van der Waals surface area contributed by atoms with Gasteiger partial charge in [0, 0.05) is 25.0 Å².